The number of rotatable bonds is 7. The molecule has 0 aromatic heterocycles. The van der Waals surface area contributed by atoms with E-state index in [0.29, 0.717) is 10.0 Å². The fourth-order valence-corrected chi connectivity index (χ4v) is 3.76. The van der Waals surface area contributed by atoms with Crippen molar-refractivity contribution in [3.63, 3.8) is 0 Å². The van der Waals surface area contributed by atoms with Crippen molar-refractivity contribution in [2.45, 2.75) is 38.1 Å². The molecule has 1 N–H and O–H groups in total. The zero-order chi connectivity index (χ0) is 15.2. The molecule has 2 nitrogen and oxygen atoms in total. The van der Waals surface area contributed by atoms with Crippen LogP contribution in [0.5, 0.6) is 0 Å². The van der Waals surface area contributed by atoms with E-state index < -0.39 is 0 Å². The maximum atomic E-state index is 6.33. The standard InChI is InChI=1S/C17H26Cl2N2/c1-20-16(14-8-5-9-15(18)17(14)19)10-11-21(2)12-13-6-3-4-7-13/h5,8-9,13,16,20H,3-4,6-7,10-12H2,1-2H3. The van der Waals surface area contributed by atoms with Gasteiger partial charge in [0.25, 0.3) is 0 Å². The van der Waals surface area contributed by atoms with Gasteiger partial charge in [-0.25, -0.2) is 0 Å². The molecule has 1 atom stereocenters. The first-order valence-electron chi connectivity index (χ1n) is 7.91. The molecule has 1 unspecified atom stereocenters. The lowest BCUT2D eigenvalue weighted by atomic mass is 10.0. The molecule has 0 spiro atoms. The summed E-state index contributed by atoms with van der Waals surface area (Å²) in [6, 6.07) is 6.12. The Balaban J connectivity index is 1.88. The van der Waals surface area contributed by atoms with Crippen LogP contribution < -0.4 is 5.32 Å². The molecule has 1 aliphatic rings. The summed E-state index contributed by atoms with van der Waals surface area (Å²) in [5.41, 5.74) is 1.10. The molecule has 4 heteroatoms. The first kappa shape index (κ1) is 17.1. The summed E-state index contributed by atoms with van der Waals surface area (Å²) in [5, 5.41) is 4.68. The van der Waals surface area contributed by atoms with Gasteiger partial charge in [0.05, 0.1) is 10.0 Å². The highest BCUT2D eigenvalue weighted by Gasteiger charge is 2.19. The van der Waals surface area contributed by atoms with E-state index in [2.05, 4.69) is 23.3 Å². The zero-order valence-corrected chi connectivity index (χ0v) is 14.6. The van der Waals surface area contributed by atoms with Gasteiger partial charge in [0.15, 0.2) is 0 Å². The van der Waals surface area contributed by atoms with Crippen molar-refractivity contribution in [2.75, 3.05) is 27.2 Å². The number of halogens is 2. The SMILES string of the molecule is CNC(CCN(C)CC1CCCC1)c1cccc(Cl)c1Cl. The Bertz CT molecular complexity index is 444. The number of nitrogens with zero attached hydrogens (tertiary/aromatic N) is 1. The molecule has 0 amide bonds. The van der Waals surface area contributed by atoms with Crippen molar-refractivity contribution < 1.29 is 0 Å². The predicted octanol–water partition coefficient (Wildman–Crippen LogP) is 4.77. The Hall–Kier alpha value is -0.280. The van der Waals surface area contributed by atoms with E-state index in [1.165, 1.54) is 32.2 Å². The first-order chi connectivity index (χ1) is 10.1. The molecular formula is C17H26Cl2N2. The van der Waals surface area contributed by atoms with Crippen LogP contribution in [-0.4, -0.2) is 32.1 Å². The normalized spacial score (nSPS) is 17.6. The quantitative estimate of drug-likeness (QED) is 0.775. The molecule has 0 aliphatic heterocycles. The fraction of sp³-hybridized carbons (Fsp3) is 0.647. The van der Waals surface area contributed by atoms with Gasteiger partial charge in [0, 0.05) is 12.6 Å². The summed E-state index contributed by atoms with van der Waals surface area (Å²) >= 11 is 12.5. The van der Waals surface area contributed by atoms with E-state index in [9.17, 15) is 0 Å². The van der Waals surface area contributed by atoms with E-state index in [4.69, 9.17) is 23.2 Å². The third kappa shape index (κ3) is 4.85. The van der Waals surface area contributed by atoms with Crippen LogP contribution in [0.15, 0.2) is 18.2 Å². The van der Waals surface area contributed by atoms with Crippen molar-refractivity contribution in [3.8, 4) is 0 Å². The second-order valence-corrected chi connectivity index (χ2v) is 6.97. The Morgan fingerprint density at radius 3 is 2.67 bits per heavy atom. The second-order valence-electron chi connectivity index (χ2n) is 6.19. The molecule has 0 bridgehead atoms. The van der Waals surface area contributed by atoms with Crippen molar-refractivity contribution in [1.82, 2.24) is 10.2 Å². The molecular weight excluding hydrogens is 303 g/mol. The average Bonchev–Trinajstić information content (AvgIpc) is 2.96. The van der Waals surface area contributed by atoms with E-state index in [0.717, 1.165) is 24.4 Å². The molecule has 0 radical (unpaired) electrons. The smallest absolute Gasteiger partial charge is 0.0640 e. The molecule has 1 saturated carbocycles. The predicted molar refractivity (Wildman–Crippen MR) is 92.3 cm³/mol. The second kappa shape index (κ2) is 8.38. The summed E-state index contributed by atoms with van der Waals surface area (Å²) in [6.45, 7) is 2.30. The number of benzene rings is 1. The van der Waals surface area contributed by atoms with Crippen molar-refractivity contribution >= 4 is 23.2 Å². The van der Waals surface area contributed by atoms with Gasteiger partial charge in [-0.05, 0) is 57.5 Å². The molecule has 118 valence electrons. The lowest BCUT2D eigenvalue weighted by molar-refractivity contribution is 0.264. The highest BCUT2D eigenvalue weighted by atomic mass is 35.5. The molecule has 0 heterocycles. The third-order valence-electron chi connectivity index (χ3n) is 4.55. The Morgan fingerprint density at radius 1 is 1.29 bits per heavy atom. The average molecular weight is 329 g/mol. The number of nitrogens with one attached hydrogen (secondary N) is 1. The van der Waals surface area contributed by atoms with Crippen molar-refractivity contribution in [3.05, 3.63) is 33.8 Å². The van der Waals surface area contributed by atoms with Crippen LogP contribution in [0.25, 0.3) is 0 Å². The highest BCUT2D eigenvalue weighted by molar-refractivity contribution is 6.42. The summed E-state index contributed by atoms with van der Waals surface area (Å²) in [5.74, 6) is 0.901. The van der Waals surface area contributed by atoms with Gasteiger partial charge in [-0.1, -0.05) is 48.2 Å². The zero-order valence-electron chi connectivity index (χ0n) is 13.0. The monoisotopic (exact) mass is 328 g/mol. The van der Waals surface area contributed by atoms with Crippen molar-refractivity contribution in [2.24, 2.45) is 5.92 Å². The molecule has 2 rings (SSSR count). The Morgan fingerprint density at radius 2 is 2.00 bits per heavy atom. The van der Waals surface area contributed by atoms with Crippen LogP contribution >= 0.6 is 23.2 Å². The molecule has 21 heavy (non-hydrogen) atoms. The van der Waals surface area contributed by atoms with Gasteiger partial charge >= 0.3 is 0 Å². The van der Waals surface area contributed by atoms with Crippen molar-refractivity contribution in [1.29, 1.82) is 0 Å². The minimum atomic E-state index is 0.252. The van der Waals surface area contributed by atoms with E-state index in [-0.39, 0.29) is 6.04 Å². The summed E-state index contributed by atoms with van der Waals surface area (Å²) in [6.07, 6.45) is 6.67. The molecule has 0 saturated heterocycles. The minimum absolute atomic E-state index is 0.252. The van der Waals surface area contributed by atoms with E-state index in [1.807, 2.05) is 19.2 Å². The van der Waals surface area contributed by atoms with Gasteiger partial charge < -0.3 is 10.2 Å². The first-order valence-corrected chi connectivity index (χ1v) is 8.67. The topological polar surface area (TPSA) is 15.3 Å². The Labute approximate surface area is 138 Å². The van der Waals surface area contributed by atoms with Gasteiger partial charge in [-0.2, -0.15) is 0 Å². The molecule has 1 aromatic rings. The lowest BCUT2D eigenvalue weighted by Crippen LogP contribution is -2.29. The van der Waals surface area contributed by atoms with Gasteiger partial charge in [-0.15, -0.1) is 0 Å². The van der Waals surface area contributed by atoms with Crippen LogP contribution in [0.2, 0.25) is 10.0 Å². The van der Waals surface area contributed by atoms with Crippen LogP contribution in [-0.2, 0) is 0 Å². The molecule has 1 aliphatic carbocycles. The maximum Gasteiger partial charge on any atom is 0.0640 e. The van der Waals surface area contributed by atoms with Crippen LogP contribution in [0.1, 0.15) is 43.7 Å². The molecule has 1 fully saturated rings. The lowest BCUT2D eigenvalue weighted by Gasteiger charge is -2.24. The van der Waals surface area contributed by atoms with Crippen LogP contribution in [0.3, 0.4) is 0 Å². The minimum Gasteiger partial charge on any atom is -0.313 e. The number of hydrogen-bond donors (Lipinski definition) is 1. The van der Waals surface area contributed by atoms with Crippen LogP contribution in [0, 0.1) is 5.92 Å². The van der Waals surface area contributed by atoms with Gasteiger partial charge in [0.1, 0.15) is 0 Å². The van der Waals surface area contributed by atoms with E-state index in [1.54, 1.807) is 0 Å². The van der Waals surface area contributed by atoms with Crippen LogP contribution in [0.4, 0.5) is 0 Å². The van der Waals surface area contributed by atoms with Gasteiger partial charge in [-0.3, -0.25) is 0 Å². The highest BCUT2D eigenvalue weighted by Crippen LogP contribution is 2.31. The summed E-state index contributed by atoms with van der Waals surface area (Å²) < 4.78 is 0. The molecule has 1 aromatic carbocycles. The Kier molecular flexibility index (Phi) is 6.81. The van der Waals surface area contributed by atoms with Gasteiger partial charge in [0.2, 0.25) is 0 Å². The summed E-state index contributed by atoms with van der Waals surface area (Å²) in [7, 11) is 4.21. The fourth-order valence-electron chi connectivity index (χ4n) is 3.32. The third-order valence-corrected chi connectivity index (χ3v) is 5.38. The summed E-state index contributed by atoms with van der Waals surface area (Å²) in [4.78, 5) is 2.46. The number of hydrogen-bond acceptors (Lipinski definition) is 2. The maximum absolute atomic E-state index is 6.33. The largest absolute Gasteiger partial charge is 0.313 e. The van der Waals surface area contributed by atoms with E-state index >= 15 is 0 Å².